The Morgan fingerprint density at radius 1 is 1.43 bits per heavy atom. The maximum atomic E-state index is 12.6. The summed E-state index contributed by atoms with van der Waals surface area (Å²) in [5.74, 6) is -0.396. The van der Waals surface area contributed by atoms with Gasteiger partial charge in [-0.1, -0.05) is 0 Å². The minimum atomic E-state index is -4.55. The molecular formula is C13H15F3N2O3. The van der Waals surface area contributed by atoms with E-state index in [1.807, 2.05) is 0 Å². The molecule has 0 bridgehead atoms. The van der Waals surface area contributed by atoms with Crippen molar-refractivity contribution in [2.45, 2.75) is 25.7 Å². The van der Waals surface area contributed by atoms with Crippen molar-refractivity contribution in [2.24, 2.45) is 0 Å². The lowest BCUT2D eigenvalue weighted by Gasteiger charge is -2.33. The molecule has 5 nitrogen and oxygen atoms in total. The molecule has 8 heteroatoms. The van der Waals surface area contributed by atoms with E-state index in [1.165, 1.54) is 4.90 Å². The quantitative estimate of drug-likeness (QED) is 0.822. The molecule has 1 unspecified atom stereocenters. The first-order chi connectivity index (χ1) is 9.79. The summed E-state index contributed by atoms with van der Waals surface area (Å²) in [5, 5.41) is 0. The lowest BCUT2D eigenvalue weighted by Crippen LogP contribution is -2.48. The first-order valence-electron chi connectivity index (χ1n) is 6.44. The van der Waals surface area contributed by atoms with Crippen LogP contribution in [0.3, 0.4) is 0 Å². The van der Waals surface area contributed by atoms with Crippen LogP contribution in [0.25, 0.3) is 0 Å². The molecule has 0 N–H and O–H groups in total. The van der Waals surface area contributed by atoms with Crippen LogP contribution >= 0.6 is 0 Å². The topological polar surface area (TPSA) is 51.5 Å². The van der Waals surface area contributed by atoms with Gasteiger partial charge in [-0.2, -0.15) is 13.2 Å². The predicted octanol–water partition coefficient (Wildman–Crippen LogP) is 1.11. The lowest BCUT2D eigenvalue weighted by molar-refractivity contribution is -0.141. The molecular weight excluding hydrogens is 289 g/mol. The standard InChI is InChI=1S/C13H15F3N2O3/c1-9-8-21-5-4-18(9)12(20)7-17-6-10(13(14,15)16)2-3-11(17)19/h2-3,6,9H,4-5,7-8H2,1H3. The Morgan fingerprint density at radius 3 is 2.76 bits per heavy atom. The number of aromatic nitrogens is 1. The van der Waals surface area contributed by atoms with Crippen molar-refractivity contribution in [1.29, 1.82) is 0 Å². The SMILES string of the molecule is CC1COCCN1C(=O)Cn1cc(C(F)(F)F)ccc1=O. The summed E-state index contributed by atoms with van der Waals surface area (Å²) in [6.45, 7) is 2.50. The number of rotatable bonds is 2. The normalized spacial score (nSPS) is 19.6. The number of carbonyl (C=O) groups excluding carboxylic acids is 1. The second-order valence-electron chi connectivity index (χ2n) is 4.89. The van der Waals surface area contributed by atoms with Crippen molar-refractivity contribution in [3.8, 4) is 0 Å². The van der Waals surface area contributed by atoms with Crippen LogP contribution in [0, 0.1) is 0 Å². The van der Waals surface area contributed by atoms with E-state index in [-0.39, 0.29) is 6.04 Å². The Balaban J connectivity index is 2.19. The fraction of sp³-hybridized carbons (Fsp3) is 0.538. The van der Waals surface area contributed by atoms with Crippen LogP contribution in [-0.4, -0.2) is 41.2 Å². The van der Waals surface area contributed by atoms with Gasteiger partial charge >= 0.3 is 6.18 Å². The number of ether oxygens (including phenoxy) is 1. The first-order valence-corrected chi connectivity index (χ1v) is 6.44. The number of pyridine rings is 1. The number of nitrogens with zero attached hydrogens (tertiary/aromatic N) is 2. The van der Waals surface area contributed by atoms with E-state index >= 15 is 0 Å². The third-order valence-corrected chi connectivity index (χ3v) is 3.30. The van der Waals surface area contributed by atoms with Gasteiger partial charge < -0.3 is 14.2 Å². The largest absolute Gasteiger partial charge is 0.417 e. The molecule has 1 amide bonds. The van der Waals surface area contributed by atoms with Gasteiger partial charge in [0, 0.05) is 18.8 Å². The smallest absolute Gasteiger partial charge is 0.377 e. The summed E-state index contributed by atoms with van der Waals surface area (Å²) in [6.07, 6.45) is -3.88. The van der Waals surface area contributed by atoms with E-state index in [9.17, 15) is 22.8 Å². The van der Waals surface area contributed by atoms with E-state index < -0.39 is 29.8 Å². The molecule has 0 saturated carbocycles. The Kier molecular flexibility index (Phi) is 4.36. The van der Waals surface area contributed by atoms with E-state index in [1.54, 1.807) is 6.92 Å². The fourth-order valence-corrected chi connectivity index (χ4v) is 2.16. The molecule has 2 rings (SSSR count). The maximum Gasteiger partial charge on any atom is 0.417 e. The van der Waals surface area contributed by atoms with Gasteiger partial charge in [0.25, 0.3) is 5.56 Å². The van der Waals surface area contributed by atoms with Crippen molar-refractivity contribution < 1.29 is 22.7 Å². The minimum Gasteiger partial charge on any atom is -0.377 e. The number of hydrogen-bond donors (Lipinski definition) is 0. The zero-order valence-electron chi connectivity index (χ0n) is 11.4. The van der Waals surface area contributed by atoms with Crippen molar-refractivity contribution in [1.82, 2.24) is 9.47 Å². The third-order valence-electron chi connectivity index (χ3n) is 3.30. The number of morpholine rings is 1. The molecule has 116 valence electrons. The Labute approximate surface area is 118 Å². The second kappa shape index (κ2) is 5.88. The van der Waals surface area contributed by atoms with Crippen LogP contribution in [0.2, 0.25) is 0 Å². The molecule has 1 fully saturated rings. The van der Waals surface area contributed by atoms with Gasteiger partial charge in [-0.15, -0.1) is 0 Å². The molecule has 0 aliphatic carbocycles. The molecule has 21 heavy (non-hydrogen) atoms. The minimum absolute atomic E-state index is 0.159. The van der Waals surface area contributed by atoms with Crippen molar-refractivity contribution >= 4 is 5.91 Å². The number of halogens is 3. The van der Waals surface area contributed by atoms with Crippen LogP contribution in [-0.2, 0) is 22.3 Å². The Bertz CT molecular complexity index is 583. The highest BCUT2D eigenvalue weighted by atomic mass is 19.4. The molecule has 2 heterocycles. The summed E-state index contributed by atoms with van der Waals surface area (Å²) >= 11 is 0. The fourth-order valence-electron chi connectivity index (χ4n) is 2.16. The highest BCUT2D eigenvalue weighted by Gasteiger charge is 2.31. The summed E-state index contributed by atoms with van der Waals surface area (Å²) < 4.78 is 43.9. The van der Waals surface area contributed by atoms with Crippen LogP contribution in [0.4, 0.5) is 13.2 Å². The van der Waals surface area contributed by atoms with E-state index in [2.05, 4.69) is 0 Å². The van der Waals surface area contributed by atoms with Gasteiger partial charge in [0.1, 0.15) is 6.54 Å². The monoisotopic (exact) mass is 304 g/mol. The number of carbonyl (C=O) groups is 1. The zero-order chi connectivity index (χ0) is 15.6. The van der Waals surface area contributed by atoms with E-state index in [0.29, 0.717) is 32.0 Å². The average Bonchev–Trinajstić information content (AvgIpc) is 2.40. The molecule has 0 spiro atoms. The van der Waals surface area contributed by atoms with Crippen molar-refractivity contribution in [3.05, 3.63) is 34.2 Å². The number of amides is 1. The molecule has 1 atom stereocenters. The van der Waals surface area contributed by atoms with Gasteiger partial charge in [-0.25, -0.2) is 0 Å². The van der Waals surface area contributed by atoms with Crippen molar-refractivity contribution in [3.63, 3.8) is 0 Å². The van der Waals surface area contributed by atoms with Gasteiger partial charge in [0.05, 0.1) is 24.8 Å². The molecule has 1 aliphatic heterocycles. The molecule has 0 aromatic carbocycles. The molecule has 1 aromatic heterocycles. The zero-order valence-corrected chi connectivity index (χ0v) is 11.4. The molecule has 1 saturated heterocycles. The summed E-state index contributed by atoms with van der Waals surface area (Å²) in [4.78, 5) is 25.2. The number of alkyl halides is 3. The first kappa shape index (κ1) is 15.6. The van der Waals surface area contributed by atoms with Crippen molar-refractivity contribution in [2.75, 3.05) is 19.8 Å². The van der Waals surface area contributed by atoms with Gasteiger partial charge in [0.15, 0.2) is 0 Å². The third kappa shape index (κ3) is 3.63. The highest BCUT2D eigenvalue weighted by molar-refractivity contribution is 5.76. The van der Waals surface area contributed by atoms with E-state index in [0.717, 1.165) is 10.6 Å². The Hall–Kier alpha value is -1.83. The number of hydrogen-bond acceptors (Lipinski definition) is 3. The molecule has 0 radical (unpaired) electrons. The van der Waals surface area contributed by atoms with Crippen LogP contribution < -0.4 is 5.56 Å². The second-order valence-corrected chi connectivity index (χ2v) is 4.89. The van der Waals surface area contributed by atoms with Gasteiger partial charge in [-0.3, -0.25) is 9.59 Å². The maximum absolute atomic E-state index is 12.6. The average molecular weight is 304 g/mol. The summed E-state index contributed by atoms with van der Waals surface area (Å²) in [7, 11) is 0. The molecule has 1 aliphatic rings. The van der Waals surface area contributed by atoms with Gasteiger partial charge in [0.2, 0.25) is 5.91 Å². The summed E-state index contributed by atoms with van der Waals surface area (Å²) in [5.41, 5.74) is -1.60. The van der Waals surface area contributed by atoms with Crippen LogP contribution in [0.15, 0.2) is 23.1 Å². The molecule has 1 aromatic rings. The lowest BCUT2D eigenvalue weighted by atomic mass is 10.2. The van der Waals surface area contributed by atoms with E-state index in [4.69, 9.17) is 4.74 Å². The summed E-state index contributed by atoms with van der Waals surface area (Å²) in [6, 6.07) is 1.37. The predicted molar refractivity (Wildman–Crippen MR) is 67.7 cm³/mol. The highest BCUT2D eigenvalue weighted by Crippen LogP contribution is 2.28. The van der Waals surface area contributed by atoms with Crippen LogP contribution in [0.5, 0.6) is 0 Å². The Morgan fingerprint density at radius 2 is 2.14 bits per heavy atom. The van der Waals surface area contributed by atoms with Gasteiger partial charge in [-0.05, 0) is 13.0 Å². The van der Waals surface area contributed by atoms with Crippen LogP contribution in [0.1, 0.15) is 12.5 Å².